The second-order valence-corrected chi connectivity index (χ2v) is 10.0. The van der Waals surface area contributed by atoms with Gasteiger partial charge in [-0.15, -0.1) is 24.0 Å². The Hall–Kier alpha value is -1.10. The minimum Gasteiger partial charge on any atom is -0.355 e. The normalized spacial score (nSPS) is 25.0. The van der Waals surface area contributed by atoms with Crippen molar-refractivity contribution in [3.05, 3.63) is 0 Å². The van der Waals surface area contributed by atoms with E-state index >= 15 is 0 Å². The van der Waals surface area contributed by atoms with Crippen LogP contribution in [0.5, 0.6) is 0 Å². The van der Waals surface area contributed by atoms with Crippen molar-refractivity contribution in [2.45, 2.75) is 77.3 Å². The molecular weight excluding hydrogens is 531 g/mol. The molecule has 0 aromatic carbocycles. The Labute approximate surface area is 217 Å². The highest BCUT2D eigenvalue weighted by Gasteiger charge is 2.30. The molecule has 2 aliphatic carbocycles. The van der Waals surface area contributed by atoms with Crippen molar-refractivity contribution in [3.63, 3.8) is 0 Å². The number of carbonyl (C=O) groups excluding carboxylic acids is 2. The van der Waals surface area contributed by atoms with Crippen LogP contribution in [0, 0.1) is 11.8 Å². The molecule has 3 aliphatic rings. The number of guanidine groups is 1. The highest BCUT2D eigenvalue weighted by Crippen LogP contribution is 2.27. The number of halogens is 1. The van der Waals surface area contributed by atoms with Gasteiger partial charge in [0.05, 0.1) is 0 Å². The third kappa shape index (κ3) is 8.88. The fourth-order valence-electron chi connectivity index (χ4n) is 5.30. The van der Waals surface area contributed by atoms with Crippen LogP contribution in [0.3, 0.4) is 0 Å². The van der Waals surface area contributed by atoms with Crippen LogP contribution in [0.4, 0.5) is 0 Å². The molecule has 2 amide bonds. The SMILES string of the molecule is CN=C(NCCN1CCN(C(=O)C2CCCC2)CC1)NC1CCCC(C(=O)NC(C)C)C1.I. The van der Waals surface area contributed by atoms with Gasteiger partial charge < -0.3 is 20.9 Å². The van der Waals surface area contributed by atoms with E-state index in [1.54, 1.807) is 7.05 Å². The molecule has 1 saturated heterocycles. The van der Waals surface area contributed by atoms with E-state index in [0.717, 1.165) is 83.8 Å². The number of piperazine rings is 1. The van der Waals surface area contributed by atoms with Crippen LogP contribution in [0.2, 0.25) is 0 Å². The summed E-state index contributed by atoms with van der Waals surface area (Å²) in [5, 5.41) is 10.0. The Balaban J connectivity index is 0.00000385. The van der Waals surface area contributed by atoms with E-state index < -0.39 is 0 Å². The number of hydrogen-bond donors (Lipinski definition) is 3. The van der Waals surface area contributed by atoms with Crippen molar-refractivity contribution >= 4 is 41.8 Å². The first kappa shape index (κ1) is 28.1. The summed E-state index contributed by atoms with van der Waals surface area (Å²) in [5.41, 5.74) is 0. The van der Waals surface area contributed by atoms with Crippen molar-refractivity contribution in [1.82, 2.24) is 25.8 Å². The summed E-state index contributed by atoms with van der Waals surface area (Å²) in [6, 6.07) is 0.468. The number of carbonyl (C=O) groups is 2. The van der Waals surface area contributed by atoms with E-state index in [2.05, 4.69) is 30.7 Å². The van der Waals surface area contributed by atoms with Gasteiger partial charge in [-0.05, 0) is 46.0 Å². The lowest BCUT2D eigenvalue weighted by Crippen LogP contribution is -2.52. The Morgan fingerprint density at radius 1 is 0.970 bits per heavy atom. The van der Waals surface area contributed by atoms with Crippen LogP contribution in [0.25, 0.3) is 0 Å². The second-order valence-electron chi connectivity index (χ2n) is 10.0. The summed E-state index contributed by atoms with van der Waals surface area (Å²) < 4.78 is 0. The largest absolute Gasteiger partial charge is 0.355 e. The highest BCUT2D eigenvalue weighted by atomic mass is 127. The molecule has 3 rings (SSSR count). The molecule has 2 atom stereocenters. The zero-order valence-electron chi connectivity index (χ0n) is 20.8. The standard InChI is InChI=1S/C24H44N6O2.HI/c1-18(2)27-22(31)20-9-6-10-21(17-20)28-24(25-3)26-11-12-29-13-15-30(16-14-29)23(32)19-7-4-5-8-19;/h18-21H,4-17H2,1-3H3,(H,27,31)(H2,25,26,28);1H. The van der Waals surface area contributed by atoms with E-state index in [0.29, 0.717) is 5.91 Å². The summed E-state index contributed by atoms with van der Waals surface area (Å²) in [5.74, 6) is 1.76. The van der Waals surface area contributed by atoms with Crippen LogP contribution in [-0.2, 0) is 9.59 Å². The molecule has 0 aromatic heterocycles. The predicted octanol–water partition coefficient (Wildman–Crippen LogP) is 2.19. The molecule has 0 aromatic rings. The molecule has 1 aliphatic heterocycles. The fraction of sp³-hybridized carbons (Fsp3) is 0.875. The Bertz CT molecular complexity index is 645. The topological polar surface area (TPSA) is 89.1 Å². The average molecular weight is 577 g/mol. The molecule has 1 heterocycles. The van der Waals surface area contributed by atoms with Crippen LogP contribution in [0.15, 0.2) is 4.99 Å². The molecule has 2 saturated carbocycles. The van der Waals surface area contributed by atoms with E-state index in [9.17, 15) is 9.59 Å². The zero-order chi connectivity index (χ0) is 22.9. The van der Waals surface area contributed by atoms with Crippen LogP contribution in [0.1, 0.15) is 65.2 Å². The molecule has 9 heteroatoms. The van der Waals surface area contributed by atoms with Gasteiger partial charge in [0.15, 0.2) is 5.96 Å². The lowest BCUT2D eigenvalue weighted by molar-refractivity contribution is -0.137. The van der Waals surface area contributed by atoms with E-state index in [1.807, 2.05) is 13.8 Å². The maximum atomic E-state index is 12.6. The number of hydrogen-bond acceptors (Lipinski definition) is 4. The summed E-state index contributed by atoms with van der Waals surface area (Å²) >= 11 is 0. The first-order valence-corrected chi connectivity index (χ1v) is 12.7. The van der Waals surface area contributed by atoms with Gasteiger partial charge in [0, 0.05) is 70.2 Å². The van der Waals surface area contributed by atoms with E-state index in [1.165, 1.54) is 12.8 Å². The minimum absolute atomic E-state index is 0. The number of nitrogens with zero attached hydrogens (tertiary/aromatic N) is 3. The fourth-order valence-corrected chi connectivity index (χ4v) is 5.30. The lowest BCUT2D eigenvalue weighted by atomic mass is 9.85. The van der Waals surface area contributed by atoms with Gasteiger partial charge in [0.1, 0.15) is 0 Å². The van der Waals surface area contributed by atoms with Crippen LogP contribution >= 0.6 is 24.0 Å². The summed E-state index contributed by atoms with van der Waals surface area (Å²) in [6.07, 6.45) is 8.55. The van der Waals surface area contributed by atoms with E-state index in [4.69, 9.17) is 0 Å². The van der Waals surface area contributed by atoms with Gasteiger partial charge in [-0.1, -0.05) is 19.3 Å². The number of nitrogens with one attached hydrogen (secondary N) is 3. The zero-order valence-corrected chi connectivity index (χ0v) is 23.1. The summed E-state index contributed by atoms with van der Waals surface area (Å²) in [4.78, 5) is 33.9. The maximum Gasteiger partial charge on any atom is 0.225 e. The Morgan fingerprint density at radius 2 is 1.64 bits per heavy atom. The van der Waals surface area contributed by atoms with Gasteiger partial charge in [-0.3, -0.25) is 19.5 Å². The number of amides is 2. The molecule has 190 valence electrons. The third-order valence-corrected chi connectivity index (χ3v) is 7.15. The van der Waals surface area contributed by atoms with Gasteiger partial charge in [0.2, 0.25) is 11.8 Å². The van der Waals surface area contributed by atoms with Gasteiger partial charge in [0.25, 0.3) is 0 Å². The molecular formula is C24H45IN6O2. The Kier molecular flexibility index (Phi) is 12.2. The van der Waals surface area contributed by atoms with Crippen molar-refractivity contribution in [3.8, 4) is 0 Å². The number of rotatable bonds is 7. The van der Waals surface area contributed by atoms with E-state index in [-0.39, 0.29) is 53.8 Å². The summed E-state index contributed by atoms with van der Waals surface area (Å²) in [7, 11) is 1.80. The van der Waals surface area contributed by atoms with Gasteiger partial charge in [-0.2, -0.15) is 0 Å². The second kappa shape index (κ2) is 14.3. The van der Waals surface area contributed by atoms with Crippen LogP contribution in [-0.4, -0.2) is 86.0 Å². The predicted molar refractivity (Wildman–Crippen MR) is 144 cm³/mol. The first-order chi connectivity index (χ1) is 15.5. The third-order valence-electron chi connectivity index (χ3n) is 7.15. The molecule has 8 nitrogen and oxygen atoms in total. The van der Waals surface area contributed by atoms with Gasteiger partial charge >= 0.3 is 0 Å². The summed E-state index contributed by atoms with van der Waals surface area (Å²) in [6.45, 7) is 9.37. The Morgan fingerprint density at radius 3 is 2.27 bits per heavy atom. The highest BCUT2D eigenvalue weighted by molar-refractivity contribution is 14.0. The molecule has 0 bridgehead atoms. The van der Waals surface area contributed by atoms with Crippen molar-refractivity contribution in [2.24, 2.45) is 16.8 Å². The number of aliphatic imine (C=N–C) groups is 1. The van der Waals surface area contributed by atoms with Crippen LogP contribution < -0.4 is 16.0 Å². The monoisotopic (exact) mass is 576 g/mol. The molecule has 0 spiro atoms. The molecule has 0 radical (unpaired) electrons. The minimum atomic E-state index is 0. The lowest BCUT2D eigenvalue weighted by Gasteiger charge is -2.36. The maximum absolute atomic E-state index is 12.6. The molecule has 2 unspecified atom stereocenters. The average Bonchev–Trinajstić information content (AvgIpc) is 3.33. The molecule has 3 N–H and O–H groups in total. The molecule has 3 fully saturated rings. The van der Waals surface area contributed by atoms with Crippen molar-refractivity contribution in [2.75, 3.05) is 46.3 Å². The first-order valence-electron chi connectivity index (χ1n) is 12.7. The molecule has 33 heavy (non-hydrogen) atoms. The smallest absolute Gasteiger partial charge is 0.225 e. The van der Waals surface area contributed by atoms with Gasteiger partial charge in [-0.25, -0.2) is 0 Å². The van der Waals surface area contributed by atoms with Crippen molar-refractivity contribution in [1.29, 1.82) is 0 Å². The quantitative estimate of drug-likeness (QED) is 0.246. The van der Waals surface area contributed by atoms with Crippen molar-refractivity contribution < 1.29 is 9.59 Å².